The van der Waals surface area contributed by atoms with Crippen LogP contribution in [0.1, 0.15) is 0 Å². The maximum Gasteiger partial charge on any atom is 0.201 e. The molecule has 15 heavy (non-hydrogen) atoms. The number of pyridine rings is 1. The van der Waals surface area contributed by atoms with Crippen molar-refractivity contribution in [3.63, 3.8) is 0 Å². The molecule has 0 atom stereocenters. The summed E-state index contributed by atoms with van der Waals surface area (Å²) in [6.07, 6.45) is 1.71. The lowest BCUT2D eigenvalue weighted by molar-refractivity contribution is 0.954. The van der Waals surface area contributed by atoms with Gasteiger partial charge in [-0.25, -0.2) is 9.97 Å². The molecule has 3 aromatic rings. The average Bonchev–Trinajstić information content (AvgIpc) is 2.84. The van der Waals surface area contributed by atoms with Gasteiger partial charge in [0.25, 0.3) is 0 Å². The van der Waals surface area contributed by atoms with E-state index in [2.05, 4.69) is 25.4 Å². The van der Waals surface area contributed by atoms with E-state index >= 15 is 0 Å². The molecule has 6 nitrogen and oxygen atoms in total. The second-order valence-corrected chi connectivity index (χ2v) is 3.85. The molecule has 0 aliphatic carbocycles. The first-order valence-electron chi connectivity index (χ1n) is 4.21. The fourth-order valence-electron chi connectivity index (χ4n) is 1.30. The molecule has 0 fully saturated rings. The highest BCUT2D eigenvalue weighted by atomic mass is 32.1. The summed E-state index contributed by atoms with van der Waals surface area (Å²) in [5.41, 5.74) is 8.59. The van der Waals surface area contributed by atoms with E-state index in [0.29, 0.717) is 10.8 Å². The lowest BCUT2D eigenvalue weighted by Gasteiger charge is -1.93. The first-order chi connectivity index (χ1) is 7.33. The Morgan fingerprint density at radius 2 is 2.27 bits per heavy atom. The molecule has 7 heteroatoms. The van der Waals surface area contributed by atoms with Gasteiger partial charge in [-0.1, -0.05) is 0 Å². The Morgan fingerprint density at radius 3 is 3.07 bits per heavy atom. The van der Waals surface area contributed by atoms with Crippen LogP contribution in [0.15, 0.2) is 17.6 Å². The smallest absolute Gasteiger partial charge is 0.201 e. The Labute approximate surface area is 88.2 Å². The van der Waals surface area contributed by atoms with E-state index in [9.17, 15) is 0 Å². The Morgan fingerprint density at radius 1 is 1.33 bits per heavy atom. The number of H-pyrrole nitrogens is 1. The van der Waals surface area contributed by atoms with Gasteiger partial charge >= 0.3 is 0 Å². The molecule has 0 amide bonds. The molecule has 3 rings (SSSR count). The third-order valence-corrected chi connectivity index (χ3v) is 2.67. The van der Waals surface area contributed by atoms with Gasteiger partial charge in [0.2, 0.25) is 5.65 Å². The Kier molecular flexibility index (Phi) is 1.65. The zero-order valence-electron chi connectivity index (χ0n) is 7.51. The van der Waals surface area contributed by atoms with Crippen molar-refractivity contribution < 1.29 is 0 Å². The number of rotatable bonds is 1. The summed E-state index contributed by atoms with van der Waals surface area (Å²) in [5.74, 6) is 0. The quantitative estimate of drug-likeness (QED) is 0.637. The normalized spacial score (nSPS) is 10.9. The Balaban J connectivity index is 2.18. The molecule has 0 spiro atoms. The number of hydrogen-bond donors (Lipinski definition) is 2. The molecular formula is C8H6N6S. The molecule has 74 valence electrons. The van der Waals surface area contributed by atoms with Crippen LogP contribution >= 0.6 is 11.3 Å². The number of aromatic nitrogens is 5. The Hall–Kier alpha value is -2.02. The van der Waals surface area contributed by atoms with Crippen molar-refractivity contribution in [1.29, 1.82) is 0 Å². The minimum absolute atomic E-state index is 0.547. The van der Waals surface area contributed by atoms with Crippen molar-refractivity contribution in [3.05, 3.63) is 17.6 Å². The van der Waals surface area contributed by atoms with Crippen molar-refractivity contribution in [3.8, 4) is 11.3 Å². The summed E-state index contributed by atoms with van der Waals surface area (Å²) >= 11 is 1.40. The molecule has 0 bridgehead atoms. The topological polar surface area (TPSA) is 93.4 Å². The van der Waals surface area contributed by atoms with Gasteiger partial charge in [0.05, 0.1) is 5.69 Å². The first kappa shape index (κ1) is 8.30. The highest BCUT2D eigenvalue weighted by Gasteiger charge is 2.06. The van der Waals surface area contributed by atoms with E-state index in [1.807, 2.05) is 11.4 Å². The Bertz CT molecular complexity index is 612. The SMILES string of the molecule is Nc1nc(-c2cnc3n[nH]nc3c2)cs1. The lowest BCUT2D eigenvalue weighted by Crippen LogP contribution is -1.84. The van der Waals surface area contributed by atoms with Gasteiger partial charge in [-0.3, -0.25) is 0 Å². The molecule has 0 saturated carbocycles. The van der Waals surface area contributed by atoms with Crippen molar-refractivity contribution in [2.24, 2.45) is 0 Å². The average molecular weight is 218 g/mol. The van der Waals surface area contributed by atoms with Crippen LogP contribution in [0.5, 0.6) is 0 Å². The van der Waals surface area contributed by atoms with E-state index in [-0.39, 0.29) is 0 Å². The van der Waals surface area contributed by atoms with Crippen molar-refractivity contribution >= 4 is 27.6 Å². The number of nitrogens with one attached hydrogen (secondary N) is 1. The number of aromatic amines is 1. The maximum atomic E-state index is 5.56. The van der Waals surface area contributed by atoms with Crippen molar-refractivity contribution in [1.82, 2.24) is 25.4 Å². The van der Waals surface area contributed by atoms with Gasteiger partial charge < -0.3 is 5.73 Å². The van der Waals surface area contributed by atoms with E-state index < -0.39 is 0 Å². The van der Waals surface area contributed by atoms with Gasteiger partial charge in [-0.05, 0) is 6.07 Å². The number of nitrogen functional groups attached to an aromatic ring is 1. The van der Waals surface area contributed by atoms with Crippen LogP contribution < -0.4 is 5.73 Å². The van der Waals surface area contributed by atoms with Crippen LogP contribution in [0.4, 0.5) is 5.13 Å². The van der Waals surface area contributed by atoms with E-state index in [1.54, 1.807) is 6.20 Å². The molecule has 0 saturated heterocycles. The number of nitrogens with two attached hydrogens (primary N) is 1. The largest absolute Gasteiger partial charge is 0.375 e. The highest BCUT2D eigenvalue weighted by Crippen LogP contribution is 2.23. The molecule has 3 N–H and O–H groups in total. The summed E-state index contributed by atoms with van der Waals surface area (Å²) in [6, 6.07) is 1.88. The standard InChI is InChI=1S/C8H6N6S/c9-8-11-6(3-15-8)4-1-5-7(10-2-4)13-14-12-5/h1-3H,(H2,9,11)(H,10,12,13,14). The van der Waals surface area contributed by atoms with Crippen LogP contribution in [0.2, 0.25) is 0 Å². The number of nitrogens with zero attached hydrogens (tertiary/aromatic N) is 4. The predicted molar refractivity (Wildman–Crippen MR) is 57.2 cm³/mol. The van der Waals surface area contributed by atoms with E-state index in [4.69, 9.17) is 5.73 Å². The molecule has 3 aromatic heterocycles. The molecule has 3 heterocycles. The minimum atomic E-state index is 0.547. The van der Waals surface area contributed by atoms with Crippen LogP contribution in [-0.4, -0.2) is 25.4 Å². The monoisotopic (exact) mass is 218 g/mol. The van der Waals surface area contributed by atoms with E-state index in [0.717, 1.165) is 16.8 Å². The molecule has 0 aliphatic rings. The van der Waals surface area contributed by atoms with Gasteiger partial charge in [0, 0.05) is 17.1 Å². The predicted octanol–water partition coefficient (Wildman–Crippen LogP) is 1.06. The molecular weight excluding hydrogens is 212 g/mol. The first-order valence-corrected chi connectivity index (χ1v) is 5.09. The van der Waals surface area contributed by atoms with Gasteiger partial charge in [-0.2, -0.15) is 10.3 Å². The van der Waals surface area contributed by atoms with Crippen LogP contribution in [0, 0.1) is 0 Å². The van der Waals surface area contributed by atoms with Crippen LogP contribution in [0.3, 0.4) is 0 Å². The third kappa shape index (κ3) is 1.33. The third-order valence-electron chi connectivity index (χ3n) is 1.99. The maximum absolute atomic E-state index is 5.56. The fraction of sp³-hybridized carbons (Fsp3) is 0. The van der Waals surface area contributed by atoms with Crippen LogP contribution in [-0.2, 0) is 0 Å². The second-order valence-electron chi connectivity index (χ2n) is 2.96. The summed E-state index contributed by atoms with van der Waals surface area (Å²) < 4.78 is 0. The van der Waals surface area contributed by atoms with Crippen molar-refractivity contribution in [2.45, 2.75) is 0 Å². The number of thiazole rings is 1. The summed E-state index contributed by atoms with van der Waals surface area (Å²) in [5, 5.41) is 12.8. The fourth-order valence-corrected chi connectivity index (χ4v) is 1.87. The second kappa shape index (κ2) is 2.99. The molecule has 0 aliphatic heterocycles. The number of anilines is 1. The zero-order valence-corrected chi connectivity index (χ0v) is 8.32. The van der Waals surface area contributed by atoms with Crippen molar-refractivity contribution in [2.75, 3.05) is 5.73 Å². The van der Waals surface area contributed by atoms with Gasteiger partial charge in [0.1, 0.15) is 5.52 Å². The summed E-state index contributed by atoms with van der Waals surface area (Å²) in [7, 11) is 0. The minimum Gasteiger partial charge on any atom is -0.375 e. The number of hydrogen-bond acceptors (Lipinski definition) is 6. The van der Waals surface area contributed by atoms with Gasteiger partial charge in [0.15, 0.2) is 5.13 Å². The lowest BCUT2D eigenvalue weighted by atomic mass is 10.2. The van der Waals surface area contributed by atoms with Gasteiger partial charge in [-0.15, -0.1) is 16.4 Å². The highest BCUT2D eigenvalue weighted by molar-refractivity contribution is 7.13. The molecule has 0 unspecified atom stereocenters. The zero-order chi connectivity index (χ0) is 10.3. The van der Waals surface area contributed by atoms with E-state index in [1.165, 1.54) is 11.3 Å². The summed E-state index contributed by atoms with van der Waals surface area (Å²) in [6.45, 7) is 0. The molecule has 0 aromatic carbocycles. The number of fused-ring (bicyclic) bond motifs is 1. The van der Waals surface area contributed by atoms with Crippen LogP contribution in [0.25, 0.3) is 22.4 Å². The molecule has 0 radical (unpaired) electrons. The summed E-state index contributed by atoms with van der Waals surface area (Å²) in [4.78, 5) is 8.32.